The van der Waals surface area contributed by atoms with Crippen LogP contribution in [0.25, 0.3) is 88.4 Å². The molecule has 0 spiro atoms. The third kappa shape index (κ3) is 4.13. The number of nitriles is 1. The predicted octanol–water partition coefficient (Wildman–Crippen LogP) is 12.0. The molecule has 2 heterocycles. The normalized spacial score (nSPS) is 11.5. The molecule has 0 unspecified atom stereocenters. The first-order chi connectivity index (χ1) is 22.7. The monoisotopic (exact) mass is 587 g/mol. The van der Waals surface area contributed by atoms with E-state index in [1.807, 2.05) is 60.7 Å². The van der Waals surface area contributed by atoms with E-state index in [-0.39, 0.29) is 0 Å². The molecule has 0 fully saturated rings. The standard InChI is InChI=1S/C43H25NO2/c44-26-28-10-1-2-11-32(28)35-13-4-3-12-33(35)30-22-29(27-20-21-42-39(25-27)37-15-6-7-18-40(37)45-42)23-31(24-30)34-16-9-17-38-36-14-5-8-19-41(36)46-43(34)38/h1-25H. The van der Waals surface area contributed by atoms with Gasteiger partial charge in [0.2, 0.25) is 0 Å². The summed E-state index contributed by atoms with van der Waals surface area (Å²) in [6.45, 7) is 0. The first-order valence-electron chi connectivity index (χ1n) is 15.3. The van der Waals surface area contributed by atoms with E-state index in [2.05, 4.69) is 97.1 Å². The fourth-order valence-electron chi connectivity index (χ4n) is 6.77. The minimum atomic E-state index is 0.649. The van der Waals surface area contributed by atoms with Crippen molar-refractivity contribution in [2.45, 2.75) is 0 Å². The van der Waals surface area contributed by atoms with Gasteiger partial charge in [-0.15, -0.1) is 0 Å². The van der Waals surface area contributed by atoms with Crippen LogP contribution in [0.2, 0.25) is 0 Å². The maximum absolute atomic E-state index is 9.96. The van der Waals surface area contributed by atoms with E-state index in [1.165, 1.54) is 0 Å². The lowest BCUT2D eigenvalue weighted by Gasteiger charge is -2.15. The summed E-state index contributed by atoms with van der Waals surface area (Å²) in [5, 5.41) is 14.3. The summed E-state index contributed by atoms with van der Waals surface area (Å²) in [5.74, 6) is 0. The van der Waals surface area contributed by atoms with Gasteiger partial charge in [0.15, 0.2) is 0 Å². The second-order valence-corrected chi connectivity index (χ2v) is 11.6. The van der Waals surface area contributed by atoms with E-state index < -0.39 is 0 Å². The van der Waals surface area contributed by atoms with Crippen LogP contribution < -0.4 is 0 Å². The molecule has 0 aliphatic carbocycles. The summed E-state index contributed by atoms with van der Waals surface area (Å²) in [5.41, 5.74) is 12.4. The summed E-state index contributed by atoms with van der Waals surface area (Å²) in [7, 11) is 0. The number of hydrogen-bond acceptors (Lipinski definition) is 3. The van der Waals surface area contributed by atoms with Crippen LogP contribution in [0.5, 0.6) is 0 Å². The molecule has 9 aromatic rings. The highest BCUT2D eigenvalue weighted by molar-refractivity contribution is 6.10. The lowest BCUT2D eigenvalue weighted by atomic mass is 9.88. The van der Waals surface area contributed by atoms with Crippen LogP contribution in [0, 0.1) is 11.3 Å². The highest BCUT2D eigenvalue weighted by Gasteiger charge is 2.17. The molecule has 0 aliphatic rings. The van der Waals surface area contributed by atoms with Crippen molar-refractivity contribution in [3.8, 4) is 50.6 Å². The van der Waals surface area contributed by atoms with Crippen molar-refractivity contribution in [3.63, 3.8) is 0 Å². The smallest absolute Gasteiger partial charge is 0.143 e. The Morgan fingerprint density at radius 3 is 1.74 bits per heavy atom. The highest BCUT2D eigenvalue weighted by atomic mass is 16.3. The number of furan rings is 2. The summed E-state index contributed by atoms with van der Waals surface area (Å²) in [4.78, 5) is 0. The lowest BCUT2D eigenvalue weighted by molar-refractivity contribution is 0.669. The molecular formula is C43H25NO2. The molecule has 0 saturated heterocycles. The Labute approximate surface area is 265 Å². The van der Waals surface area contributed by atoms with Crippen LogP contribution in [0.4, 0.5) is 0 Å². The first-order valence-corrected chi connectivity index (χ1v) is 15.3. The minimum Gasteiger partial charge on any atom is -0.456 e. The van der Waals surface area contributed by atoms with Gasteiger partial charge >= 0.3 is 0 Å². The van der Waals surface area contributed by atoms with Gasteiger partial charge < -0.3 is 8.83 Å². The molecule has 46 heavy (non-hydrogen) atoms. The van der Waals surface area contributed by atoms with Crippen molar-refractivity contribution in [3.05, 3.63) is 157 Å². The number of fused-ring (bicyclic) bond motifs is 6. The number of benzene rings is 7. The van der Waals surface area contributed by atoms with E-state index in [4.69, 9.17) is 8.83 Å². The average molecular weight is 588 g/mol. The maximum atomic E-state index is 9.96. The van der Waals surface area contributed by atoms with Crippen LogP contribution in [0.1, 0.15) is 5.56 Å². The van der Waals surface area contributed by atoms with Gasteiger partial charge in [-0.05, 0) is 81.9 Å². The SMILES string of the molecule is N#Cc1ccccc1-c1ccccc1-c1cc(-c2ccc3oc4ccccc4c3c2)cc(-c2cccc3c2oc2ccccc23)c1. The van der Waals surface area contributed by atoms with Crippen LogP contribution in [-0.4, -0.2) is 0 Å². The second kappa shape index (κ2) is 10.4. The van der Waals surface area contributed by atoms with E-state index >= 15 is 0 Å². The zero-order chi connectivity index (χ0) is 30.6. The highest BCUT2D eigenvalue weighted by Crippen LogP contribution is 2.42. The zero-order valence-electron chi connectivity index (χ0n) is 24.7. The number of rotatable bonds is 4. The van der Waals surface area contributed by atoms with E-state index in [1.54, 1.807) is 0 Å². The van der Waals surface area contributed by atoms with Gasteiger partial charge in [-0.3, -0.25) is 0 Å². The van der Waals surface area contributed by atoms with E-state index in [0.29, 0.717) is 5.56 Å². The molecule has 0 amide bonds. The summed E-state index contributed by atoms with van der Waals surface area (Å²) in [6.07, 6.45) is 0. The quantitative estimate of drug-likeness (QED) is 0.206. The molecule has 9 rings (SSSR count). The van der Waals surface area contributed by atoms with Gasteiger partial charge in [-0.25, -0.2) is 0 Å². The molecular weight excluding hydrogens is 562 g/mol. The summed E-state index contributed by atoms with van der Waals surface area (Å²) in [6, 6.07) is 54.4. The molecule has 214 valence electrons. The molecule has 0 bridgehead atoms. The Bertz CT molecular complexity index is 2670. The Morgan fingerprint density at radius 1 is 0.370 bits per heavy atom. The fraction of sp³-hybridized carbons (Fsp3) is 0. The van der Waals surface area contributed by atoms with Gasteiger partial charge in [0.1, 0.15) is 22.3 Å². The predicted molar refractivity (Wildman–Crippen MR) is 187 cm³/mol. The molecule has 3 heteroatoms. The van der Waals surface area contributed by atoms with Crippen molar-refractivity contribution in [1.82, 2.24) is 0 Å². The van der Waals surface area contributed by atoms with Crippen LogP contribution in [-0.2, 0) is 0 Å². The molecule has 0 radical (unpaired) electrons. The van der Waals surface area contributed by atoms with Crippen molar-refractivity contribution >= 4 is 43.9 Å². The molecule has 0 N–H and O–H groups in total. The van der Waals surface area contributed by atoms with Gasteiger partial charge in [-0.2, -0.15) is 5.26 Å². The zero-order valence-corrected chi connectivity index (χ0v) is 24.7. The third-order valence-electron chi connectivity index (χ3n) is 8.93. The second-order valence-electron chi connectivity index (χ2n) is 11.6. The Balaban J connectivity index is 1.32. The van der Waals surface area contributed by atoms with Gasteiger partial charge in [0, 0.05) is 32.7 Å². The molecule has 0 atom stereocenters. The number of nitrogens with zero attached hydrogens (tertiary/aromatic N) is 1. The van der Waals surface area contributed by atoms with Gasteiger partial charge in [-0.1, -0.05) is 103 Å². The van der Waals surface area contributed by atoms with E-state index in [9.17, 15) is 5.26 Å². The fourth-order valence-corrected chi connectivity index (χ4v) is 6.77. The average Bonchev–Trinajstić information content (AvgIpc) is 3.69. The van der Waals surface area contributed by atoms with Crippen LogP contribution in [0.15, 0.2) is 160 Å². The number of para-hydroxylation sites is 3. The molecule has 2 aromatic heterocycles. The van der Waals surface area contributed by atoms with Crippen LogP contribution >= 0.6 is 0 Å². The Kier molecular flexibility index (Phi) is 5.88. The summed E-state index contributed by atoms with van der Waals surface area (Å²) < 4.78 is 12.7. The minimum absolute atomic E-state index is 0.649. The first kappa shape index (κ1) is 26.1. The van der Waals surface area contributed by atoms with Crippen LogP contribution in [0.3, 0.4) is 0 Å². The largest absolute Gasteiger partial charge is 0.456 e. The molecule has 7 aromatic carbocycles. The van der Waals surface area contributed by atoms with E-state index in [0.717, 1.165) is 88.4 Å². The topological polar surface area (TPSA) is 50.1 Å². The Morgan fingerprint density at radius 2 is 0.935 bits per heavy atom. The van der Waals surface area contributed by atoms with Crippen molar-refractivity contribution in [2.75, 3.05) is 0 Å². The maximum Gasteiger partial charge on any atom is 0.143 e. The van der Waals surface area contributed by atoms with Crippen molar-refractivity contribution in [2.24, 2.45) is 0 Å². The van der Waals surface area contributed by atoms with Crippen molar-refractivity contribution in [1.29, 1.82) is 5.26 Å². The molecule has 3 nitrogen and oxygen atoms in total. The summed E-state index contributed by atoms with van der Waals surface area (Å²) >= 11 is 0. The van der Waals surface area contributed by atoms with Gasteiger partial charge in [0.25, 0.3) is 0 Å². The third-order valence-corrected chi connectivity index (χ3v) is 8.93. The lowest BCUT2D eigenvalue weighted by Crippen LogP contribution is -1.91. The Hall–Kier alpha value is -6.37. The molecule has 0 saturated carbocycles. The van der Waals surface area contributed by atoms with Crippen molar-refractivity contribution < 1.29 is 8.83 Å². The van der Waals surface area contributed by atoms with Gasteiger partial charge in [0.05, 0.1) is 11.6 Å². The number of hydrogen-bond donors (Lipinski definition) is 0. The molecule has 0 aliphatic heterocycles.